The Hall–Kier alpha value is 0.920. The van der Waals surface area contributed by atoms with Crippen molar-refractivity contribution in [3.63, 3.8) is 0 Å². The first-order chi connectivity index (χ1) is 4.91. The molecule has 70 valence electrons. The van der Waals surface area contributed by atoms with Gasteiger partial charge in [-0.2, -0.15) is 0 Å². The molecular weight excluding hydrogens is 254 g/mol. The van der Waals surface area contributed by atoms with E-state index in [-0.39, 0.29) is 0 Å². The van der Waals surface area contributed by atoms with Crippen molar-refractivity contribution in [2.24, 2.45) is 0 Å². The van der Waals surface area contributed by atoms with Crippen LogP contribution in [-0.2, 0) is 4.57 Å². The zero-order valence-corrected chi connectivity index (χ0v) is 9.57. The van der Waals surface area contributed by atoms with Gasteiger partial charge in [0.05, 0.1) is 0 Å². The number of hydrogen-bond donors (Lipinski definition) is 2. The maximum atomic E-state index is 9.24. The van der Waals surface area contributed by atoms with Crippen LogP contribution in [0.1, 0.15) is 26.2 Å². The van der Waals surface area contributed by atoms with Crippen LogP contribution in [0.2, 0.25) is 0 Å². The molecule has 0 saturated heterocycles. The Morgan fingerprint density at radius 1 is 1.45 bits per heavy atom. The van der Waals surface area contributed by atoms with Gasteiger partial charge in [-0.15, -0.1) is 11.6 Å². The maximum absolute atomic E-state index is 9.24. The van der Waals surface area contributed by atoms with Gasteiger partial charge in [-0.25, -0.2) is 4.57 Å². The first kappa shape index (κ1) is 14.4. The predicted octanol–water partition coefficient (Wildman–Crippen LogP) is 2.89. The first-order valence-electron chi connectivity index (χ1n) is 3.23. The smallest absolute Gasteiger partial charge is 0.316 e. The summed E-state index contributed by atoms with van der Waals surface area (Å²) in [6, 6.07) is 0. The highest BCUT2D eigenvalue weighted by molar-refractivity contribution is 9.39. The second kappa shape index (κ2) is 9.01. The fourth-order valence-electron chi connectivity index (χ4n) is 0.344. The predicted molar refractivity (Wildman–Crippen MR) is 51.2 cm³/mol. The molecule has 2 N–H and O–H groups in total. The van der Waals surface area contributed by atoms with Gasteiger partial charge in [0, 0.05) is 21.4 Å². The highest BCUT2D eigenvalue weighted by atomic mass is 79.9. The van der Waals surface area contributed by atoms with Crippen molar-refractivity contribution in [3.8, 4) is 0 Å². The van der Waals surface area contributed by atoms with Gasteiger partial charge < -0.3 is 9.79 Å². The van der Waals surface area contributed by atoms with Gasteiger partial charge in [0.2, 0.25) is 0 Å². The van der Waals surface area contributed by atoms with E-state index >= 15 is 0 Å². The molecule has 0 rings (SSSR count). The molecule has 0 unspecified atom stereocenters. The van der Waals surface area contributed by atoms with Crippen molar-refractivity contribution in [1.29, 1.82) is 0 Å². The van der Waals surface area contributed by atoms with Crippen molar-refractivity contribution in [1.82, 2.24) is 0 Å². The lowest BCUT2D eigenvalue weighted by atomic mass is 10.3. The monoisotopic (exact) mass is 266 g/mol. The quantitative estimate of drug-likeness (QED) is 0.469. The molecule has 3 nitrogen and oxygen atoms in total. The van der Waals surface area contributed by atoms with Gasteiger partial charge in [-0.1, -0.05) is 19.8 Å². The molecule has 11 heavy (non-hydrogen) atoms. The Balaban J connectivity index is 0. The summed E-state index contributed by atoms with van der Waals surface area (Å²) >= 11 is 7.42. The van der Waals surface area contributed by atoms with E-state index in [1.54, 1.807) is 0 Å². The normalized spacial score (nSPS) is 10.3. The number of halogens is 2. The molecule has 0 fully saturated rings. The highest BCUT2D eigenvalue weighted by Gasteiger charge is 1.99. The molecule has 0 aromatic carbocycles. The van der Waals surface area contributed by atoms with Crippen molar-refractivity contribution in [2.45, 2.75) is 26.2 Å². The molecule has 0 aliphatic heterocycles. The van der Waals surface area contributed by atoms with E-state index in [0.29, 0.717) is 0 Å². The molecule has 0 radical (unpaired) electrons. The third kappa shape index (κ3) is 56.5. The average molecular weight is 267 g/mol. The Labute approximate surface area is 80.0 Å². The topological polar surface area (TPSA) is 57.5 Å². The maximum Gasteiger partial charge on any atom is 0.391 e. The van der Waals surface area contributed by atoms with Gasteiger partial charge in [0.1, 0.15) is 0 Å². The summed E-state index contributed by atoms with van der Waals surface area (Å²) in [6.07, 6.45) is -0.0960. The zero-order chi connectivity index (χ0) is 9.33. The molecule has 0 aromatic rings. The number of hydrogen-bond acceptors (Lipinski definition) is 1. The summed E-state index contributed by atoms with van der Waals surface area (Å²) in [6.45, 7) is 2.17. The Morgan fingerprint density at radius 2 is 1.82 bits per heavy atom. The van der Waals surface area contributed by atoms with Crippen LogP contribution in [0.5, 0.6) is 0 Å². The highest BCUT2D eigenvalue weighted by Crippen LogP contribution is 2.43. The van der Waals surface area contributed by atoms with Crippen LogP contribution in [-0.4, -0.2) is 15.7 Å². The average Bonchev–Trinajstić information content (AvgIpc) is 1.79. The number of unbranched alkanes of at least 4 members (excludes halogenated alkanes) is 2. The second-order valence-electron chi connectivity index (χ2n) is 1.87. The van der Waals surface area contributed by atoms with Crippen LogP contribution in [0.25, 0.3) is 0 Å². The summed E-state index contributed by atoms with van der Waals surface area (Å²) in [5, 5.41) is 0. The number of rotatable bonds is 3. The van der Waals surface area contributed by atoms with Gasteiger partial charge in [-0.3, -0.25) is 0 Å². The van der Waals surface area contributed by atoms with Crippen LogP contribution >= 0.6 is 33.4 Å². The SMILES string of the molecule is CCCCCCl.O=P(O)(O)Br. The van der Waals surface area contributed by atoms with Crippen LogP contribution in [0, 0.1) is 0 Å². The van der Waals surface area contributed by atoms with Crippen molar-refractivity contribution in [2.75, 3.05) is 5.88 Å². The van der Waals surface area contributed by atoms with Crippen molar-refractivity contribution in [3.05, 3.63) is 0 Å². The van der Waals surface area contributed by atoms with E-state index < -0.39 is 6.30 Å². The molecule has 0 aliphatic rings. The van der Waals surface area contributed by atoms with Gasteiger partial charge in [0.25, 0.3) is 0 Å². The molecule has 0 spiro atoms. The fraction of sp³-hybridized carbons (Fsp3) is 1.00. The molecule has 0 bridgehead atoms. The van der Waals surface area contributed by atoms with E-state index in [1.807, 2.05) is 15.5 Å². The fourth-order valence-corrected chi connectivity index (χ4v) is 0.533. The van der Waals surface area contributed by atoms with Crippen molar-refractivity contribution >= 4 is 33.4 Å². The van der Waals surface area contributed by atoms with Gasteiger partial charge >= 0.3 is 6.30 Å². The van der Waals surface area contributed by atoms with Crippen LogP contribution in [0.3, 0.4) is 0 Å². The lowest BCUT2D eigenvalue weighted by Gasteiger charge is -1.84. The van der Waals surface area contributed by atoms with E-state index in [2.05, 4.69) is 6.92 Å². The molecule has 0 amide bonds. The molecular formula is C5H13BrClO3P. The van der Waals surface area contributed by atoms with E-state index in [9.17, 15) is 4.57 Å². The Kier molecular flexibility index (Phi) is 11.8. The van der Waals surface area contributed by atoms with Crippen LogP contribution in [0.4, 0.5) is 0 Å². The van der Waals surface area contributed by atoms with Gasteiger partial charge in [-0.05, 0) is 6.42 Å². The minimum absolute atomic E-state index is 0.827. The summed E-state index contributed by atoms with van der Waals surface area (Å²) in [7, 11) is 0. The summed E-state index contributed by atoms with van der Waals surface area (Å²) in [4.78, 5) is 15.1. The second-order valence-corrected chi connectivity index (χ2v) is 5.96. The molecule has 6 heteroatoms. The largest absolute Gasteiger partial charge is 0.391 e. The first-order valence-corrected chi connectivity index (χ1v) is 7.39. The number of alkyl halides is 1. The lowest BCUT2D eigenvalue weighted by molar-refractivity contribution is 0.399. The molecule has 0 atom stereocenters. The third-order valence-corrected chi connectivity index (χ3v) is 1.00. The third-order valence-electron chi connectivity index (χ3n) is 0.737. The molecule has 0 aromatic heterocycles. The zero-order valence-electron chi connectivity index (χ0n) is 6.33. The van der Waals surface area contributed by atoms with E-state index in [1.165, 1.54) is 19.3 Å². The van der Waals surface area contributed by atoms with Crippen LogP contribution < -0.4 is 0 Å². The van der Waals surface area contributed by atoms with Crippen molar-refractivity contribution < 1.29 is 14.4 Å². The van der Waals surface area contributed by atoms with Crippen LogP contribution in [0.15, 0.2) is 0 Å². The van der Waals surface area contributed by atoms with E-state index in [4.69, 9.17) is 21.4 Å². The molecule has 0 heterocycles. The van der Waals surface area contributed by atoms with E-state index in [0.717, 1.165) is 5.88 Å². The lowest BCUT2D eigenvalue weighted by Crippen LogP contribution is -1.70. The summed E-state index contributed by atoms with van der Waals surface area (Å²) in [5.74, 6) is 0.827. The molecule has 0 aliphatic carbocycles. The standard InChI is InChI=1S/C5H11Cl.BrH2O3P/c1-2-3-4-5-6;1-5(2,3)4/h2-5H2,1H3;(H2,2,3,4). The minimum atomic E-state index is -3.83. The van der Waals surface area contributed by atoms with Gasteiger partial charge in [0.15, 0.2) is 0 Å². The Bertz CT molecular complexity index is 104. The minimum Gasteiger partial charge on any atom is -0.316 e. The summed E-state index contributed by atoms with van der Waals surface area (Å²) < 4.78 is 9.24. The Morgan fingerprint density at radius 3 is 1.91 bits per heavy atom. The summed E-state index contributed by atoms with van der Waals surface area (Å²) in [5.41, 5.74) is 0. The molecule has 0 saturated carbocycles.